The first kappa shape index (κ1) is 86.1. The van der Waals surface area contributed by atoms with Gasteiger partial charge in [-0.15, -0.1) is 0 Å². The highest BCUT2D eigenvalue weighted by molar-refractivity contribution is 6.12. The first-order valence-electron chi connectivity index (χ1n) is 44.2. The van der Waals surface area contributed by atoms with Gasteiger partial charge in [-0.3, -0.25) is 0 Å². The summed E-state index contributed by atoms with van der Waals surface area (Å²) in [5.41, 5.74) is 32.2. The Bertz CT molecular complexity index is 7650. The molecule has 12 aromatic heterocycles. The van der Waals surface area contributed by atoms with Crippen LogP contribution in [0.5, 0.6) is 0 Å². The van der Waals surface area contributed by atoms with Crippen molar-refractivity contribution < 1.29 is 49.1 Å². The van der Waals surface area contributed by atoms with Crippen LogP contribution < -0.4 is 18.3 Å². The van der Waals surface area contributed by atoms with Crippen LogP contribution in [0.15, 0.2) is 286 Å². The van der Waals surface area contributed by atoms with E-state index >= 15 is 4.39 Å². The number of furan rings is 4. The van der Waals surface area contributed by atoms with Crippen LogP contribution in [-0.4, -0.2) is 19.9 Å². The van der Waals surface area contributed by atoms with Gasteiger partial charge in [0, 0.05) is 116 Å². The van der Waals surface area contributed by atoms with Gasteiger partial charge in [0.2, 0.25) is 45.6 Å². The van der Waals surface area contributed by atoms with Crippen LogP contribution in [0.2, 0.25) is 0 Å². The van der Waals surface area contributed by atoms with Crippen molar-refractivity contribution in [3.63, 3.8) is 0 Å². The fourth-order valence-electron chi connectivity index (χ4n) is 17.9. The molecule has 0 aliphatic heterocycles. The third kappa shape index (κ3) is 16.9. The van der Waals surface area contributed by atoms with E-state index in [-0.39, 0.29) is 35.2 Å². The molecule has 8 aromatic carbocycles. The molecule has 20 rings (SSSR count). The van der Waals surface area contributed by atoms with Crippen LogP contribution in [0.25, 0.3) is 178 Å². The number of nitrogens with zero attached hydrogens (tertiary/aromatic N) is 8. The van der Waals surface area contributed by atoms with E-state index in [1.807, 2.05) is 148 Å². The van der Waals surface area contributed by atoms with E-state index in [1.165, 1.54) is 22.3 Å². The Labute approximate surface area is 745 Å². The maximum absolute atomic E-state index is 15.2. The van der Waals surface area contributed by atoms with Gasteiger partial charge in [-0.1, -0.05) is 154 Å². The van der Waals surface area contributed by atoms with Crippen molar-refractivity contribution in [2.45, 2.75) is 128 Å². The van der Waals surface area contributed by atoms with Gasteiger partial charge < -0.3 is 17.7 Å². The van der Waals surface area contributed by atoms with Crippen LogP contribution >= 0.6 is 0 Å². The molecule has 0 amide bonds. The first-order valence-corrected chi connectivity index (χ1v) is 44.2. The summed E-state index contributed by atoms with van der Waals surface area (Å²) in [6.07, 6.45) is 17.1. The topological polar surface area (TPSA) is 120 Å². The number of aryl methyl sites for hydroxylation is 8. The molecule has 20 aromatic rings. The quantitative estimate of drug-likeness (QED) is 0.0931. The Morgan fingerprint density at radius 2 is 0.586 bits per heavy atom. The van der Waals surface area contributed by atoms with Gasteiger partial charge in [-0.05, 0) is 250 Å². The Balaban J connectivity index is 0.000000120. The van der Waals surface area contributed by atoms with Crippen LogP contribution in [0.3, 0.4) is 0 Å². The number of aromatic nitrogens is 8. The maximum Gasteiger partial charge on any atom is 0.227 e. The van der Waals surface area contributed by atoms with Gasteiger partial charge in [0.25, 0.3) is 0 Å². The molecule has 0 fully saturated rings. The van der Waals surface area contributed by atoms with Crippen LogP contribution in [-0.2, 0) is 41.0 Å². The molecule has 0 unspecified atom stereocenters. The van der Waals surface area contributed by atoms with Crippen molar-refractivity contribution in [2.75, 3.05) is 0 Å². The van der Waals surface area contributed by atoms with Crippen molar-refractivity contribution in [3.05, 3.63) is 335 Å². The summed E-state index contributed by atoms with van der Waals surface area (Å²) in [7, 11) is 8.20. The van der Waals surface area contributed by atoms with Crippen molar-refractivity contribution in [1.82, 2.24) is 19.9 Å². The monoisotopic (exact) mass is 1700 g/mol. The predicted octanol–water partition coefficient (Wildman–Crippen LogP) is 28.0. The van der Waals surface area contributed by atoms with Crippen LogP contribution in [0.1, 0.15) is 137 Å². The number of rotatable bonds is 15. The fraction of sp³-hybridized carbons (Fsp3) is 0.221. The van der Waals surface area contributed by atoms with Crippen molar-refractivity contribution >= 4 is 88.3 Å². The summed E-state index contributed by atoms with van der Waals surface area (Å²) >= 11 is 0. The zero-order valence-electron chi connectivity index (χ0n) is 76.0. The smallest absolute Gasteiger partial charge is 0.227 e. The molecule has 12 heterocycles. The van der Waals surface area contributed by atoms with Crippen LogP contribution in [0, 0.1) is 57.0 Å². The zero-order chi connectivity index (χ0) is 89.8. The molecule has 0 atom stereocenters. The lowest BCUT2D eigenvalue weighted by Crippen LogP contribution is -2.30. The Hall–Kier alpha value is -14.1. The number of hydrogen-bond acceptors (Lipinski definition) is 8. The standard InChI is InChI=1S/C30H30FN2O.C28H26FN2O.C28H27N2O.C27H24FN2O/c1-17(2)24-14-21(15-25(18(3)4)28(24)31)20-11-13-33(6)26(16-20)27-19(5)9-10-22-23-8-7-12-32-30(23)34-29(22)27;1-17(2)14-21-15-19(8-10-24(21)29)20-11-13-31(4)25(16-20)26-18(3)7-9-22-23-6-5-12-30-28(23)32-27(22)26;1-18(2)15-20-7-5-8-21(16-20)22-12-14-30(4)25(17-22)26-19(3)10-11-23-24-9-6-13-29-28(24)31-27(23)26;1-16(2)22-14-18(8-10-23(22)28)19-11-13-30(4)24(15-19)25-17(3)7-9-20-21-6-5-12-29-27(21)31-26(20)25/h7-18H,1-6H3;5-13,15-17H,14H2,1-4H3;5-14,16-18H,15H2,1-4H3;5-16H,1-4H3/q4*+1. The largest absolute Gasteiger partial charge is 0.437 e. The van der Waals surface area contributed by atoms with E-state index < -0.39 is 0 Å². The molecule has 12 nitrogen and oxygen atoms in total. The molecule has 0 aliphatic rings. The van der Waals surface area contributed by atoms with Gasteiger partial charge in [0.05, 0.1) is 22.3 Å². The highest BCUT2D eigenvalue weighted by Gasteiger charge is 2.29. The average molecular weight is 1700 g/mol. The number of pyridine rings is 8. The average Bonchev–Trinajstić information content (AvgIpc) is 1.63. The Kier molecular flexibility index (Phi) is 24.1. The second-order valence-corrected chi connectivity index (χ2v) is 35.9. The molecular weight excluding hydrogens is 1590 g/mol. The van der Waals surface area contributed by atoms with E-state index in [2.05, 4.69) is 247 Å². The van der Waals surface area contributed by atoms with Crippen molar-refractivity contribution in [1.29, 1.82) is 0 Å². The normalized spacial score (nSPS) is 11.7. The van der Waals surface area contributed by atoms with Crippen molar-refractivity contribution in [3.8, 4) is 89.5 Å². The molecule has 0 radical (unpaired) electrons. The van der Waals surface area contributed by atoms with Gasteiger partial charge in [0.15, 0.2) is 47.1 Å². The first-order chi connectivity index (χ1) is 61.6. The Morgan fingerprint density at radius 3 is 0.922 bits per heavy atom. The third-order valence-electron chi connectivity index (χ3n) is 24.7. The third-order valence-corrected chi connectivity index (χ3v) is 24.7. The number of halogens is 3. The minimum atomic E-state index is -0.157. The summed E-state index contributed by atoms with van der Waals surface area (Å²) in [6.45, 7) is 29.4. The molecule has 640 valence electrons. The SMILES string of the molecule is Cc1ccc2c(oc3ncccc32)c1-c1cc(-c2cc(C(C)C)c(F)c(C(C)C)c2)cc[n+]1C.Cc1ccc2c(oc3ncccc32)c1-c1cc(-c2ccc(F)c(C(C)C)c2)cc[n+]1C.Cc1ccc2c(oc3ncccc32)c1-c1cc(-c2ccc(F)c(CC(C)C)c2)cc[n+]1C.Cc1ccc2c(oc3ncccc32)c1-c1cc(-c2cccc(CC(C)C)c2)cc[n+]1C. The van der Waals surface area contributed by atoms with E-state index in [1.54, 1.807) is 36.9 Å². The fourth-order valence-corrected chi connectivity index (χ4v) is 17.9. The molecule has 0 saturated carbocycles. The lowest BCUT2D eigenvalue weighted by atomic mass is 9.89. The highest BCUT2D eigenvalue weighted by atomic mass is 19.1. The lowest BCUT2D eigenvalue weighted by molar-refractivity contribution is -0.660. The molecular formula is C113H107F3N8O4+4. The van der Waals surface area contributed by atoms with Crippen LogP contribution in [0.4, 0.5) is 13.2 Å². The molecule has 128 heavy (non-hydrogen) atoms. The molecule has 0 spiro atoms. The van der Waals surface area contributed by atoms with Gasteiger partial charge in [-0.2, -0.15) is 0 Å². The molecule has 0 saturated heterocycles. The minimum Gasteiger partial charge on any atom is -0.437 e. The molecule has 0 N–H and O–H groups in total. The summed E-state index contributed by atoms with van der Waals surface area (Å²) < 4.78 is 77.2. The molecule has 0 aliphatic carbocycles. The van der Waals surface area contributed by atoms with E-state index in [4.69, 9.17) is 17.7 Å². The minimum absolute atomic E-state index is 0.0779. The second kappa shape index (κ2) is 35.8. The summed E-state index contributed by atoms with van der Waals surface area (Å²) in [6, 6.07) is 73.9. The van der Waals surface area contributed by atoms with Gasteiger partial charge >= 0.3 is 0 Å². The van der Waals surface area contributed by atoms with Gasteiger partial charge in [-0.25, -0.2) is 51.4 Å². The second-order valence-electron chi connectivity index (χ2n) is 35.9. The Morgan fingerprint density at radius 1 is 0.281 bits per heavy atom. The van der Waals surface area contributed by atoms with Crippen molar-refractivity contribution in [2.24, 2.45) is 40.0 Å². The molecule has 0 bridgehead atoms. The predicted molar refractivity (Wildman–Crippen MR) is 512 cm³/mol. The summed E-state index contributed by atoms with van der Waals surface area (Å²) in [5, 5.41) is 8.36. The summed E-state index contributed by atoms with van der Waals surface area (Å²) in [4.78, 5) is 17.7. The number of hydrogen-bond donors (Lipinski definition) is 0. The summed E-state index contributed by atoms with van der Waals surface area (Å²) in [5.74, 6) is 0.998. The van der Waals surface area contributed by atoms with E-state index in [0.29, 0.717) is 34.7 Å². The number of benzene rings is 8. The van der Waals surface area contributed by atoms with E-state index in [0.717, 1.165) is 196 Å². The maximum atomic E-state index is 15.2. The van der Waals surface area contributed by atoms with E-state index in [9.17, 15) is 8.78 Å². The zero-order valence-corrected chi connectivity index (χ0v) is 76.0. The lowest BCUT2D eigenvalue weighted by Gasteiger charge is -2.17. The highest BCUT2D eigenvalue weighted by Crippen LogP contribution is 2.44. The van der Waals surface area contributed by atoms with Gasteiger partial charge in [0.1, 0.15) is 45.6 Å². The molecule has 15 heteroatoms. The number of fused-ring (bicyclic) bond motifs is 12.